The molecule has 4 aromatic rings. The number of fused-ring (bicyclic) bond motifs is 1. The third-order valence-electron chi connectivity index (χ3n) is 9.35. The monoisotopic (exact) mass is 785 g/mol. The summed E-state index contributed by atoms with van der Waals surface area (Å²) in [6, 6.07) is 15.8. The highest BCUT2D eigenvalue weighted by Crippen LogP contribution is 2.32. The Balaban J connectivity index is 1.28. The summed E-state index contributed by atoms with van der Waals surface area (Å²) in [5.41, 5.74) is 10.4. The zero-order chi connectivity index (χ0) is 35.9. The number of esters is 2. The number of benzene rings is 3. The molecule has 1 saturated carbocycles. The highest BCUT2D eigenvalue weighted by molar-refractivity contribution is 9.10. The second kappa shape index (κ2) is 17.1. The normalized spacial score (nSPS) is 14.1. The van der Waals surface area contributed by atoms with E-state index in [1.165, 1.54) is 19.3 Å². The molecule has 266 valence electrons. The first kappa shape index (κ1) is 37.7. The van der Waals surface area contributed by atoms with Crippen molar-refractivity contribution in [1.29, 1.82) is 0 Å². The Labute approximate surface area is 311 Å². The van der Waals surface area contributed by atoms with Crippen LogP contribution in [0.15, 0.2) is 59.1 Å². The lowest BCUT2D eigenvalue weighted by Gasteiger charge is -2.34. The summed E-state index contributed by atoms with van der Waals surface area (Å²) >= 11 is 15.7. The summed E-state index contributed by atoms with van der Waals surface area (Å²) in [6.07, 6.45) is 5.00. The van der Waals surface area contributed by atoms with Gasteiger partial charge in [0.05, 0.1) is 36.2 Å². The molecule has 3 aromatic carbocycles. The van der Waals surface area contributed by atoms with Crippen molar-refractivity contribution in [1.82, 2.24) is 9.47 Å². The number of anilines is 1. The van der Waals surface area contributed by atoms with Crippen molar-refractivity contribution in [3.63, 3.8) is 0 Å². The van der Waals surface area contributed by atoms with Gasteiger partial charge in [-0.1, -0.05) is 37.8 Å². The lowest BCUT2D eigenvalue weighted by atomic mass is 9.93. The van der Waals surface area contributed by atoms with Gasteiger partial charge in [-0.15, -0.1) is 11.6 Å². The first-order valence-electron chi connectivity index (χ1n) is 16.8. The lowest BCUT2D eigenvalue weighted by Crippen LogP contribution is -2.36. The number of nitrogen functional groups attached to an aromatic ring is 1. The van der Waals surface area contributed by atoms with Crippen LogP contribution in [0.4, 0.5) is 5.69 Å². The molecule has 0 radical (unpaired) electrons. The Morgan fingerprint density at radius 1 is 1.04 bits per heavy atom. The number of alkyl halides is 1. The third kappa shape index (κ3) is 8.65. The zero-order valence-corrected chi connectivity index (χ0v) is 31.6. The summed E-state index contributed by atoms with van der Waals surface area (Å²) in [7, 11) is 1.55. The number of aromatic nitrogens is 1. The largest absolute Gasteiger partial charge is 0.497 e. The van der Waals surface area contributed by atoms with Crippen LogP contribution in [0.3, 0.4) is 0 Å². The van der Waals surface area contributed by atoms with Crippen LogP contribution < -0.4 is 10.5 Å². The molecule has 2 N–H and O–H groups in total. The molecule has 1 aromatic heterocycles. The van der Waals surface area contributed by atoms with E-state index in [9.17, 15) is 14.4 Å². The Morgan fingerprint density at radius 2 is 1.76 bits per heavy atom. The number of ether oxygens (including phenoxy) is 3. The summed E-state index contributed by atoms with van der Waals surface area (Å²) in [5.74, 6) is -0.942. The molecule has 1 heterocycles. The minimum atomic E-state index is -0.892. The van der Waals surface area contributed by atoms with Gasteiger partial charge >= 0.3 is 11.9 Å². The number of nitrogens with zero attached hydrogens (tertiary/aromatic N) is 2. The molecular weight excluding hydrogens is 745 g/mol. The molecule has 50 heavy (non-hydrogen) atoms. The van der Waals surface area contributed by atoms with Gasteiger partial charge in [0.2, 0.25) is 0 Å². The molecule has 9 nitrogen and oxygen atoms in total. The van der Waals surface area contributed by atoms with Crippen molar-refractivity contribution in [3.05, 3.63) is 92.0 Å². The summed E-state index contributed by atoms with van der Waals surface area (Å²) < 4.78 is 18.9. The van der Waals surface area contributed by atoms with Crippen LogP contribution in [-0.2, 0) is 27.2 Å². The topological polar surface area (TPSA) is 113 Å². The van der Waals surface area contributed by atoms with E-state index in [0.29, 0.717) is 66.8 Å². The molecule has 12 heteroatoms. The first-order chi connectivity index (χ1) is 24.0. The molecule has 0 amide bonds. The van der Waals surface area contributed by atoms with Crippen molar-refractivity contribution in [2.24, 2.45) is 0 Å². The van der Waals surface area contributed by atoms with Crippen LogP contribution in [-0.4, -0.2) is 65.6 Å². The van der Waals surface area contributed by atoms with E-state index >= 15 is 0 Å². The van der Waals surface area contributed by atoms with E-state index in [1.54, 1.807) is 73.2 Å². The van der Waals surface area contributed by atoms with Crippen LogP contribution in [0, 0.1) is 6.92 Å². The zero-order valence-electron chi connectivity index (χ0n) is 28.5. The van der Waals surface area contributed by atoms with Crippen molar-refractivity contribution in [3.8, 4) is 5.75 Å². The molecule has 1 atom stereocenters. The number of halogens is 3. The molecule has 0 bridgehead atoms. The van der Waals surface area contributed by atoms with Gasteiger partial charge in [0.15, 0.2) is 0 Å². The number of carbonyl (C=O) groups is 3. The number of rotatable bonds is 13. The molecule has 1 aliphatic rings. The van der Waals surface area contributed by atoms with Gasteiger partial charge in [-0.25, -0.2) is 4.79 Å². The van der Waals surface area contributed by atoms with Crippen molar-refractivity contribution in [2.75, 3.05) is 31.9 Å². The highest BCUT2D eigenvalue weighted by atomic mass is 79.9. The fourth-order valence-electron chi connectivity index (χ4n) is 6.59. The number of carbonyl (C=O) groups excluding carboxylic acids is 3. The molecule has 0 saturated heterocycles. The van der Waals surface area contributed by atoms with Crippen LogP contribution in [0.1, 0.15) is 76.6 Å². The minimum absolute atomic E-state index is 0.0849. The number of methoxy groups -OCH3 is 1. The van der Waals surface area contributed by atoms with E-state index in [1.807, 2.05) is 0 Å². The maximum absolute atomic E-state index is 13.6. The lowest BCUT2D eigenvalue weighted by molar-refractivity contribution is -0.145. The van der Waals surface area contributed by atoms with Crippen molar-refractivity contribution < 1.29 is 28.6 Å². The van der Waals surface area contributed by atoms with E-state index in [0.717, 1.165) is 24.9 Å². The average molecular weight is 788 g/mol. The predicted molar refractivity (Wildman–Crippen MR) is 201 cm³/mol. The SMILES string of the molecule is CCN(Cc1cc(C(=O)OC(CCl)COC(=O)Cc2c(C)n(C(=O)c3ccc(Cl)cc3)c3ccc(OC)cc23)cc(Br)c1N)C1CCCCC1. The van der Waals surface area contributed by atoms with E-state index in [2.05, 4.69) is 27.8 Å². The fourth-order valence-corrected chi connectivity index (χ4v) is 7.37. The maximum atomic E-state index is 13.6. The van der Waals surface area contributed by atoms with Gasteiger partial charge in [-0.3, -0.25) is 19.1 Å². The standard InChI is InChI=1S/C38H42BrCl2N3O6/c1-4-43(28-8-6-5-7-9-28)21-26-16-25(17-33(39)36(26)42)38(47)50-30(20-40)22-49-35(45)19-31-23(2)44(34-15-14-29(48-3)18-32(31)34)37(46)24-10-12-27(41)13-11-24/h10-18,28,30H,4-9,19-22,42H2,1-3H3. The van der Waals surface area contributed by atoms with Crippen LogP contribution >= 0.6 is 39.1 Å². The van der Waals surface area contributed by atoms with Crippen LogP contribution in [0.2, 0.25) is 5.02 Å². The van der Waals surface area contributed by atoms with Gasteiger partial charge in [-0.2, -0.15) is 0 Å². The average Bonchev–Trinajstić information content (AvgIpc) is 3.40. The Kier molecular flexibility index (Phi) is 12.9. The quantitative estimate of drug-likeness (QED) is 0.0818. The van der Waals surface area contributed by atoms with Gasteiger partial charge in [0.1, 0.15) is 18.5 Å². The molecule has 5 rings (SSSR count). The Morgan fingerprint density at radius 3 is 2.42 bits per heavy atom. The Hall–Kier alpha value is -3.57. The van der Waals surface area contributed by atoms with Gasteiger partial charge in [0.25, 0.3) is 5.91 Å². The van der Waals surface area contributed by atoms with Crippen LogP contribution in [0.25, 0.3) is 10.9 Å². The van der Waals surface area contributed by atoms with Crippen molar-refractivity contribution in [2.45, 2.75) is 71.1 Å². The fraction of sp³-hybridized carbons (Fsp3) is 0.395. The first-order valence-corrected chi connectivity index (χ1v) is 18.5. The number of hydrogen-bond acceptors (Lipinski definition) is 8. The summed E-state index contributed by atoms with van der Waals surface area (Å²) in [5, 5.41) is 1.19. The molecular formula is C38H42BrCl2N3O6. The molecule has 0 spiro atoms. The highest BCUT2D eigenvalue weighted by Gasteiger charge is 2.25. The molecule has 1 fully saturated rings. The van der Waals surface area contributed by atoms with Gasteiger partial charge < -0.3 is 19.9 Å². The van der Waals surface area contributed by atoms with E-state index in [4.69, 9.17) is 43.1 Å². The number of hydrogen-bond donors (Lipinski definition) is 1. The second-order valence-electron chi connectivity index (χ2n) is 12.5. The van der Waals surface area contributed by atoms with Gasteiger partial charge in [0, 0.05) is 38.7 Å². The number of nitrogens with two attached hydrogens (primary N) is 1. The third-order valence-corrected chi connectivity index (χ3v) is 10.6. The molecule has 0 aliphatic heterocycles. The van der Waals surface area contributed by atoms with Crippen molar-refractivity contribution >= 4 is 73.6 Å². The van der Waals surface area contributed by atoms with E-state index < -0.39 is 18.0 Å². The Bertz CT molecular complexity index is 1860. The van der Waals surface area contributed by atoms with E-state index in [-0.39, 0.29) is 24.8 Å². The minimum Gasteiger partial charge on any atom is -0.497 e. The molecule has 1 unspecified atom stereocenters. The second-order valence-corrected chi connectivity index (χ2v) is 14.1. The predicted octanol–water partition coefficient (Wildman–Crippen LogP) is 8.35. The summed E-state index contributed by atoms with van der Waals surface area (Å²) in [4.78, 5) is 42.6. The smallest absolute Gasteiger partial charge is 0.338 e. The maximum Gasteiger partial charge on any atom is 0.338 e. The summed E-state index contributed by atoms with van der Waals surface area (Å²) in [6.45, 7) is 5.17. The van der Waals surface area contributed by atoms with Crippen LogP contribution in [0.5, 0.6) is 5.75 Å². The molecule has 1 aliphatic carbocycles. The van der Waals surface area contributed by atoms with Gasteiger partial charge in [-0.05, 0) is 108 Å².